The van der Waals surface area contributed by atoms with Gasteiger partial charge in [0.05, 0.1) is 12.2 Å². The predicted octanol–water partition coefficient (Wildman–Crippen LogP) is 2.06. The van der Waals surface area contributed by atoms with Crippen LogP contribution in [0.15, 0.2) is 54.6 Å². The second-order valence-corrected chi connectivity index (χ2v) is 4.98. The Morgan fingerprint density at radius 3 is 2.45 bits per heavy atom. The first kappa shape index (κ1) is 15.6. The van der Waals surface area contributed by atoms with Crippen LogP contribution in [0.2, 0.25) is 0 Å². The number of nitrogens with zero attached hydrogens (tertiary/aromatic N) is 1. The maximum atomic E-state index is 12.2. The SMILES string of the molecule is CC(=O)NN(CC(=O)Cc1ccccc1)c1cccc(O)c1. The van der Waals surface area contributed by atoms with Crippen molar-refractivity contribution in [2.75, 3.05) is 11.6 Å². The average Bonchev–Trinajstić information content (AvgIpc) is 2.47. The molecule has 0 heterocycles. The van der Waals surface area contributed by atoms with Gasteiger partial charge in [0, 0.05) is 19.4 Å². The van der Waals surface area contributed by atoms with E-state index in [1.165, 1.54) is 24.1 Å². The standard InChI is InChI=1S/C17H18N2O3/c1-13(20)18-19(15-8-5-9-16(21)11-15)12-17(22)10-14-6-3-2-4-7-14/h2-9,11,21H,10,12H2,1H3,(H,18,20). The third-order valence-electron chi connectivity index (χ3n) is 3.01. The highest BCUT2D eigenvalue weighted by Crippen LogP contribution is 2.18. The minimum absolute atomic E-state index is 0.0257. The Labute approximate surface area is 129 Å². The van der Waals surface area contributed by atoms with Gasteiger partial charge in [-0.25, -0.2) is 0 Å². The fraction of sp³-hybridized carbons (Fsp3) is 0.176. The largest absolute Gasteiger partial charge is 0.508 e. The number of carbonyl (C=O) groups excluding carboxylic acids is 2. The molecule has 0 saturated carbocycles. The molecule has 2 N–H and O–H groups in total. The molecule has 0 unspecified atom stereocenters. The molecule has 2 aromatic rings. The number of phenolic OH excluding ortho intramolecular Hbond substituents is 1. The lowest BCUT2D eigenvalue weighted by Gasteiger charge is -2.24. The average molecular weight is 298 g/mol. The molecule has 5 heteroatoms. The molecule has 0 saturated heterocycles. The van der Waals surface area contributed by atoms with Crippen LogP contribution in [0.25, 0.3) is 0 Å². The van der Waals surface area contributed by atoms with Crippen LogP contribution in [0, 0.1) is 0 Å². The molecule has 0 fully saturated rings. The molecule has 22 heavy (non-hydrogen) atoms. The van der Waals surface area contributed by atoms with Gasteiger partial charge in [-0.2, -0.15) is 0 Å². The van der Waals surface area contributed by atoms with Crippen molar-refractivity contribution >= 4 is 17.4 Å². The summed E-state index contributed by atoms with van der Waals surface area (Å²) in [4.78, 5) is 23.5. The summed E-state index contributed by atoms with van der Waals surface area (Å²) < 4.78 is 0. The number of hydrogen-bond donors (Lipinski definition) is 2. The number of benzene rings is 2. The number of rotatable bonds is 6. The van der Waals surface area contributed by atoms with E-state index in [1.54, 1.807) is 12.1 Å². The van der Waals surface area contributed by atoms with Gasteiger partial charge < -0.3 is 5.11 Å². The minimum Gasteiger partial charge on any atom is -0.508 e. The molecule has 0 spiro atoms. The molecule has 0 aromatic heterocycles. The molecular formula is C17H18N2O3. The predicted molar refractivity (Wildman–Crippen MR) is 84.4 cm³/mol. The summed E-state index contributed by atoms with van der Waals surface area (Å²) in [5.41, 5.74) is 4.08. The zero-order chi connectivity index (χ0) is 15.9. The molecule has 0 radical (unpaired) electrons. The molecule has 1 amide bonds. The highest BCUT2D eigenvalue weighted by atomic mass is 16.3. The van der Waals surface area contributed by atoms with Crippen LogP contribution in [0.4, 0.5) is 5.69 Å². The zero-order valence-corrected chi connectivity index (χ0v) is 12.3. The van der Waals surface area contributed by atoms with E-state index in [0.29, 0.717) is 5.69 Å². The fourth-order valence-electron chi connectivity index (χ4n) is 2.10. The van der Waals surface area contributed by atoms with E-state index in [-0.39, 0.29) is 30.4 Å². The molecule has 0 bridgehead atoms. The Balaban J connectivity index is 2.09. The Morgan fingerprint density at radius 1 is 1.09 bits per heavy atom. The molecule has 2 rings (SSSR count). The molecule has 0 aliphatic carbocycles. The number of phenols is 1. The first-order chi connectivity index (χ1) is 10.5. The Kier molecular flexibility index (Phi) is 5.14. The van der Waals surface area contributed by atoms with Crippen LogP contribution in [0.1, 0.15) is 12.5 Å². The van der Waals surface area contributed by atoms with Crippen molar-refractivity contribution in [3.8, 4) is 5.75 Å². The third-order valence-corrected chi connectivity index (χ3v) is 3.01. The highest BCUT2D eigenvalue weighted by Gasteiger charge is 2.14. The van der Waals surface area contributed by atoms with Gasteiger partial charge in [-0.3, -0.25) is 20.0 Å². The number of hydrazine groups is 1. The monoisotopic (exact) mass is 298 g/mol. The maximum Gasteiger partial charge on any atom is 0.235 e. The van der Waals surface area contributed by atoms with E-state index in [9.17, 15) is 14.7 Å². The number of ketones is 1. The van der Waals surface area contributed by atoms with Gasteiger partial charge >= 0.3 is 0 Å². The summed E-state index contributed by atoms with van der Waals surface area (Å²) in [5.74, 6) is -0.248. The molecular weight excluding hydrogens is 280 g/mol. The minimum atomic E-state index is -0.282. The molecule has 0 aliphatic heterocycles. The van der Waals surface area contributed by atoms with E-state index in [1.807, 2.05) is 30.3 Å². The second-order valence-electron chi connectivity index (χ2n) is 4.98. The van der Waals surface area contributed by atoms with E-state index >= 15 is 0 Å². The Hall–Kier alpha value is -2.82. The van der Waals surface area contributed by atoms with Gasteiger partial charge in [0.2, 0.25) is 5.91 Å². The van der Waals surface area contributed by atoms with Crippen molar-refractivity contribution in [2.45, 2.75) is 13.3 Å². The summed E-state index contributed by atoms with van der Waals surface area (Å²) in [5, 5.41) is 11.0. The van der Waals surface area contributed by atoms with Crippen LogP contribution in [0.3, 0.4) is 0 Å². The third kappa shape index (κ3) is 4.63. The second kappa shape index (κ2) is 7.26. The number of aromatic hydroxyl groups is 1. The van der Waals surface area contributed by atoms with Crippen LogP contribution in [-0.4, -0.2) is 23.3 Å². The van der Waals surface area contributed by atoms with Crippen LogP contribution in [0.5, 0.6) is 5.75 Å². The van der Waals surface area contributed by atoms with E-state index in [2.05, 4.69) is 5.43 Å². The topological polar surface area (TPSA) is 69.6 Å². The summed E-state index contributed by atoms with van der Waals surface area (Å²) in [6.07, 6.45) is 0.287. The molecule has 0 aliphatic rings. The molecule has 114 valence electrons. The van der Waals surface area contributed by atoms with Crippen molar-refractivity contribution in [3.63, 3.8) is 0 Å². The molecule has 5 nitrogen and oxygen atoms in total. The van der Waals surface area contributed by atoms with Crippen LogP contribution in [-0.2, 0) is 16.0 Å². The first-order valence-electron chi connectivity index (χ1n) is 6.94. The van der Waals surface area contributed by atoms with E-state index < -0.39 is 0 Å². The number of amides is 1. The Morgan fingerprint density at radius 2 is 1.82 bits per heavy atom. The van der Waals surface area contributed by atoms with Gasteiger partial charge in [-0.1, -0.05) is 36.4 Å². The lowest BCUT2D eigenvalue weighted by Crippen LogP contribution is -2.44. The number of Topliss-reactive ketones (excluding diaryl/α,β-unsaturated/α-hetero) is 1. The fourth-order valence-corrected chi connectivity index (χ4v) is 2.10. The summed E-state index contributed by atoms with van der Waals surface area (Å²) in [6.45, 7) is 1.40. The highest BCUT2D eigenvalue weighted by molar-refractivity contribution is 5.86. The lowest BCUT2D eigenvalue weighted by molar-refractivity contribution is -0.119. The van der Waals surface area contributed by atoms with Crippen LogP contribution >= 0.6 is 0 Å². The van der Waals surface area contributed by atoms with E-state index in [0.717, 1.165) is 5.56 Å². The van der Waals surface area contributed by atoms with Gasteiger partial charge in [0.25, 0.3) is 0 Å². The van der Waals surface area contributed by atoms with Crippen molar-refractivity contribution in [3.05, 3.63) is 60.2 Å². The summed E-state index contributed by atoms with van der Waals surface area (Å²) >= 11 is 0. The van der Waals surface area contributed by atoms with Gasteiger partial charge in [0.15, 0.2) is 5.78 Å². The number of anilines is 1. The lowest BCUT2D eigenvalue weighted by atomic mass is 10.1. The smallest absolute Gasteiger partial charge is 0.235 e. The van der Waals surface area contributed by atoms with Crippen molar-refractivity contribution in [1.82, 2.24) is 5.43 Å². The maximum absolute atomic E-state index is 12.2. The number of nitrogens with one attached hydrogen (secondary N) is 1. The first-order valence-corrected chi connectivity index (χ1v) is 6.94. The van der Waals surface area contributed by atoms with Crippen molar-refractivity contribution < 1.29 is 14.7 Å². The molecule has 0 atom stereocenters. The van der Waals surface area contributed by atoms with Crippen LogP contribution < -0.4 is 10.4 Å². The molecule has 2 aromatic carbocycles. The van der Waals surface area contributed by atoms with Gasteiger partial charge in [-0.15, -0.1) is 0 Å². The van der Waals surface area contributed by atoms with Gasteiger partial charge in [-0.05, 0) is 17.7 Å². The number of carbonyl (C=O) groups is 2. The zero-order valence-electron chi connectivity index (χ0n) is 12.3. The van der Waals surface area contributed by atoms with Crippen molar-refractivity contribution in [2.24, 2.45) is 0 Å². The normalized spacial score (nSPS) is 10.0. The van der Waals surface area contributed by atoms with Gasteiger partial charge in [0.1, 0.15) is 5.75 Å². The quantitative estimate of drug-likeness (QED) is 0.801. The van der Waals surface area contributed by atoms with E-state index in [4.69, 9.17) is 0 Å². The number of hydrogen-bond acceptors (Lipinski definition) is 4. The summed E-state index contributed by atoms with van der Waals surface area (Å²) in [7, 11) is 0. The Bertz CT molecular complexity index is 656. The summed E-state index contributed by atoms with van der Waals surface area (Å²) in [6, 6.07) is 15.8. The van der Waals surface area contributed by atoms with Crippen molar-refractivity contribution in [1.29, 1.82) is 0 Å².